The van der Waals surface area contributed by atoms with E-state index in [-0.39, 0.29) is 16.9 Å². The van der Waals surface area contributed by atoms with Gasteiger partial charge < -0.3 is 18.8 Å². The second-order valence-electron chi connectivity index (χ2n) is 9.61. The van der Waals surface area contributed by atoms with Crippen LogP contribution < -0.4 is 14.5 Å². The molecule has 1 aromatic rings. The monoisotopic (exact) mass is 454 g/mol. The Balaban J connectivity index is 1.53. The Labute approximate surface area is 183 Å². The number of hydrogen-bond donors (Lipinski definition) is 0. The van der Waals surface area contributed by atoms with Gasteiger partial charge in [0.15, 0.2) is 8.32 Å². The molecule has 3 aliphatic heterocycles. The molecule has 4 rings (SSSR count). The van der Waals surface area contributed by atoms with Gasteiger partial charge in [-0.1, -0.05) is 20.8 Å². The number of ether oxygens (including phenoxy) is 2. The number of benzene rings is 1. The third-order valence-corrected chi connectivity index (χ3v) is 12.1. The molecule has 0 bridgehead atoms. The van der Waals surface area contributed by atoms with E-state index in [0.29, 0.717) is 30.3 Å². The molecule has 0 spiro atoms. The molecule has 2 fully saturated rings. The first-order chi connectivity index (χ1) is 14.1. The topological polar surface area (TPSA) is 51.2 Å². The van der Waals surface area contributed by atoms with Crippen LogP contribution in [0.15, 0.2) is 12.1 Å². The lowest BCUT2D eigenvalue weighted by atomic mass is 10.1. The number of fused-ring (bicyclic) bond motifs is 3. The van der Waals surface area contributed by atoms with E-state index in [9.17, 15) is 9.18 Å². The number of hydrogen-bond acceptors (Lipinski definition) is 6. The van der Waals surface area contributed by atoms with Gasteiger partial charge in [-0.05, 0) is 18.1 Å². The van der Waals surface area contributed by atoms with Crippen LogP contribution in [0.2, 0.25) is 18.1 Å². The number of rotatable bonds is 4. The number of carbonyl (C=O) groups excluding carboxylic acids is 1. The molecule has 1 amide bonds. The van der Waals surface area contributed by atoms with Crippen LogP contribution in [0.4, 0.5) is 20.6 Å². The SMILES string of the molecule is CC(C)(C)[Si](C)(C)OC[C@@H]1OC(=O)N2c3cc(F)c(N4CCSCC4)cc3OC[C@@H]12. The molecular formula is C21H31FN2O4SSi. The second kappa shape index (κ2) is 7.91. The molecule has 30 heavy (non-hydrogen) atoms. The van der Waals surface area contributed by atoms with Crippen LogP contribution >= 0.6 is 11.8 Å². The molecule has 3 heterocycles. The maximum atomic E-state index is 15.0. The Kier molecular flexibility index (Phi) is 5.74. The summed E-state index contributed by atoms with van der Waals surface area (Å²) < 4.78 is 32.9. The van der Waals surface area contributed by atoms with Gasteiger partial charge in [-0.2, -0.15) is 11.8 Å². The van der Waals surface area contributed by atoms with Crippen molar-refractivity contribution in [1.82, 2.24) is 0 Å². The highest BCUT2D eigenvalue weighted by molar-refractivity contribution is 7.99. The van der Waals surface area contributed by atoms with Gasteiger partial charge in [0.25, 0.3) is 0 Å². The minimum atomic E-state index is -1.98. The van der Waals surface area contributed by atoms with Crippen molar-refractivity contribution < 1.29 is 23.1 Å². The van der Waals surface area contributed by atoms with E-state index in [4.69, 9.17) is 13.9 Å². The maximum absolute atomic E-state index is 15.0. The van der Waals surface area contributed by atoms with Crippen molar-refractivity contribution in [1.29, 1.82) is 0 Å². The molecule has 0 aliphatic carbocycles. The summed E-state index contributed by atoms with van der Waals surface area (Å²) in [6, 6.07) is 2.83. The predicted molar refractivity (Wildman–Crippen MR) is 121 cm³/mol. The standard InChI is InChI=1S/C21H31FN2O4SSi/c1-21(2,3)30(4,5)27-13-19-17-12-26-18-11-15(23-6-8-29-9-7-23)14(22)10-16(18)24(17)20(25)28-19/h10-11,17,19H,6-9,12-13H2,1-5H3/t17-,19-/m0/s1. The molecule has 3 aliphatic rings. The number of halogens is 1. The Hall–Kier alpha value is -1.45. The fraction of sp³-hybridized carbons (Fsp3) is 0.667. The van der Waals surface area contributed by atoms with E-state index >= 15 is 0 Å². The van der Waals surface area contributed by atoms with Crippen LogP contribution in [-0.2, 0) is 9.16 Å². The van der Waals surface area contributed by atoms with E-state index in [1.54, 1.807) is 6.07 Å². The normalized spacial score (nSPS) is 24.3. The van der Waals surface area contributed by atoms with Crippen LogP contribution in [0.1, 0.15) is 20.8 Å². The molecule has 0 N–H and O–H groups in total. The second-order valence-corrected chi connectivity index (χ2v) is 15.6. The Morgan fingerprint density at radius 1 is 1.23 bits per heavy atom. The summed E-state index contributed by atoms with van der Waals surface area (Å²) in [4.78, 5) is 16.2. The summed E-state index contributed by atoms with van der Waals surface area (Å²) in [7, 11) is -1.98. The number of anilines is 2. The Bertz CT molecular complexity index is 826. The lowest BCUT2D eigenvalue weighted by Gasteiger charge is -2.38. The molecule has 0 unspecified atom stereocenters. The number of amides is 1. The summed E-state index contributed by atoms with van der Waals surface area (Å²) in [5.74, 6) is 2.16. The van der Waals surface area contributed by atoms with Crippen molar-refractivity contribution in [3.05, 3.63) is 17.9 Å². The van der Waals surface area contributed by atoms with Crippen molar-refractivity contribution in [2.45, 2.75) is 51.0 Å². The first-order valence-electron chi connectivity index (χ1n) is 10.5. The van der Waals surface area contributed by atoms with E-state index in [2.05, 4.69) is 33.9 Å². The average molecular weight is 455 g/mol. The molecule has 0 aromatic heterocycles. The summed E-state index contributed by atoms with van der Waals surface area (Å²) in [5.41, 5.74) is 0.983. The van der Waals surface area contributed by atoms with Crippen molar-refractivity contribution in [2.75, 3.05) is 47.6 Å². The largest absolute Gasteiger partial charge is 0.489 e. The molecular weight excluding hydrogens is 423 g/mol. The van der Waals surface area contributed by atoms with Gasteiger partial charge in [0, 0.05) is 36.7 Å². The molecule has 0 saturated carbocycles. The lowest BCUT2D eigenvalue weighted by Crippen LogP contribution is -2.48. The summed E-state index contributed by atoms with van der Waals surface area (Å²) >= 11 is 1.87. The van der Waals surface area contributed by atoms with Gasteiger partial charge in [0.2, 0.25) is 0 Å². The predicted octanol–water partition coefficient (Wildman–Crippen LogP) is 4.49. The van der Waals surface area contributed by atoms with Crippen molar-refractivity contribution in [2.24, 2.45) is 0 Å². The highest BCUT2D eigenvalue weighted by Crippen LogP contribution is 2.43. The minimum Gasteiger partial charge on any atom is -0.489 e. The fourth-order valence-corrected chi connectivity index (χ4v) is 5.65. The minimum absolute atomic E-state index is 0.0669. The third-order valence-electron chi connectivity index (χ3n) is 6.67. The summed E-state index contributed by atoms with van der Waals surface area (Å²) in [6.45, 7) is 13.1. The van der Waals surface area contributed by atoms with Crippen LogP contribution in [0.25, 0.3) is 0 Å². The lowest BCUT2D eigenvalue weighted by molar-refractivity contribution is 0.0770. The van der Waals surface area contributed by atoms with Gasteiger partial charge in [0.1, 0.15) is 30.3 Å². The molecule has 2 atom stereocenters. The number of nitrogens with zero attached hydrogens (tertiary/aromatic N) is 2. The van der Waals surface area contributed by atoms with Gasteiger partial charge in [-0.15, -0.1) is 0 Å². The average Bonchev–Trinajstić information content (AvgIpc) is 3.02. The van der Waals surface area contributed by atoms with Crippen LogP contribution in [-0.4, -0.2) is 64.4 Å². The molecule has 9 heteroatoms. The molecule has 1 aromatic carbocycles. The van der Waals surface area contributed by atoms with E-state index in [1.165, 1.54) is 11.0 Å². The first kappa shape index (κ1) is 21.8. The highest BCUT2D eigenvalue weighted by atomic mass is 32.2. The van der Waals surface area contributed by atoms with Gasteiger partial charge in [-0.25, -0.2) is 9.18 Å². The van der Waals surface area contributed by atoms with Crippen LogP contribution in [0.3, 0.4) is 0 Å². The fourth-order valence-electron chi connectivity index (χ4n) is 3.74. The maximum Gasteiger partial charge on any atom is 0.415 e. The summed E-state index contributed by atoms with van der Waals surface area (Å²) in [5, 5.41) is 0.0669. The van der Waals surface area contributed by atoms with Gasteiger partial charge in [0.05, 0.1) is 18.0 Å². The molecule has 6 nitrogen and oxygen atoms in total. The number of cyclic esters (lactones) is 1. The quantitative estimate of drug-likeness (QED) is 0.625. The van der Waals surface area contributed by atoms with Crippen LogP contribution in [0, 0.1) is 5.82 Å². The number of thioether (sulfide) groups is 1. The zero-order chi connectivity index (χ0) is 21.7. The van der Waals surface area contributed by atoms with Crippen molar-refractivity contribution in [3.8, 4) is 5.75 Å². The van der Waals surface area contributed by atoms with Gasteiger partial charge in [-0.3, -0.25) is 4.90 Å². The molecule has 2 saturated heterocycles. The highest BCUT2D eigenvalue weighted by Gasteiger charge is 2.48. The Morgan fingerprint density at radius 3 is 2.60 bits per heavy atom. The molecule has 0 radical (unpaired) electrons. The third kappa shape index (κ3) is 3.91. The summed E-state index contributed by atoms with van der Waals surface area (Å²) in [6.07, 6.45) is -0.892. The molecule has 166 valence electrons. The van der Waals surface area contributed by atoms with Gasteiger partial charge >= 0.3 is 6.09 Å². The van der Waals surface area contributed by atoms with E-state index in [1.807, 2.05) is 16.7 Å². The van der Waals surface area contributed by atoms with E-state index < -0.39 is 20.5 Å². The number of carbonyl (C=O) groups is 1. The smallest absolute Gasteiger partial charge is 0.415 e. The zero-order valence-electron chi connectivity index (χ0n) is 18.4. The van der Waals surface area contributed by atoms with Crippen LogP contribution in [0.5, 0.6) is 5.75 Å². The zero-order valence-corrected chi connectivity index (χ0v) is 20.2. The van der Waals surface area contributed by atoms with Crippen molar-refractivity contribution in [3.63, 3.8) is 0 Å². The Morgan fingerprint density at radius 2 is 1.93 bits per heavy atom. The first-order valence-corrected chi connectivity index (χ1v) is 14.6. The van der Waals surface area contributed by atoms with Crippen molar-refractivity contribution >= 4 is 37.5 Å². The van der Waals surface area contributed by atoms with E-state index in [0.717, 1.165) is 24.6 Å².